The lowest BCUT2D eigenvalue weighted by atomic mass is 10.1. The fourth-order valence-corrected chi connectivity index (χ4v) is 3.24. The Balaban J connectivity index is 1.93. The quantitative estimate of drug-likeness (QED) is 0.724. The van der Waals surface area contributed by atoms with Crippen molar-refractivity contribution in [3.8, 4) is 5.75 Å². The van der Waals surface area contributed by atoms with Crippen LogP contribution in [0.15, 0.2) is 42.5 Å². The highest BCUT2D eigenvalue weighted by atomic mass is 16.5. The molecule has 1 aliphatic heterocycles. The number of benzene rings is 2. The van der Waals surface area contributed by atoms with Crippen molar-refractivity contribution in [3.05, 3.63) is 59.2 Å². The first-order valence-corrected chi connectivity index (χ1v) is 9.49. The van der Waals surface area contributed by atoms with Crippen molar-refractivity contribution >= 4 is 17.7 Å². The van der Waals surface area contributed by atoms with Crippen molar-refractivity contribution in [3.63, 3.8) is 0 Å². The number of carbonyl (C=O) groups excluding carboxylic acids is 2. The highest BCUT2D eigenvalue weighted by Crippen LogP contribution is 2.31. The molecule has 7 heteroatoms. The third-order valence-corrected chi connectivity index (χ3v) is 4.85. The van der Waals surface area contributed by atoms with Crippen molar-refractivity contribution in [2.24, 2.45) is 0 Å². The van der Waals surface area contributed by atoms with E-state index in [0.29, 0.717) is 49.8 Å². The summed E-state index contributed by atoms with van der Waals surface area (Å²) in [5.41, 5.74) is 3.10. The van der Waals surface area contributed by atoms with Gasteiger partial charge in [-0.25, -0.2) is 9.59 Å². The number of hydrogen-bond donors (Lipinski definition) is 0. The molecule has 0 spiro atoms. The molecule has 1 heterocycles. The fraction of sp³-hybridized carbons (Fsp3) is 0.364. The van der Waals surface area contributed by atoms with Crippen molar-refractivity contribution < 1.29 is 23.8 Å². The lowest BCUT2D eigenvalue weighted by Gasteiger charge is -2.33. The number of anilines is 1. The summed E-state index contributed by atoms with van der Waals surface area (Å²) in [6, 6.07) is 12.7. The van der Waals surface area contributed by atoms with Crippen LogP contribution in [0.2, 0.25) is 0 Å². The summed E-state index contributed by atoms with van der Waals surface area (Å²) in [6.45, 7) is 4.47. The Morgan fingerprint density at radius 1 is 1.07 bits per heavy atom. The van der Waals surface area contributed by atoms with Gasteiger partial charge in [-0.1, -0.05) is 18.2 Å². The number of urea groups is 1. The van der Waals surface area contributed by atoms with Gasteiger partial charge in [0, 0.05) is 13.1 Å². The van der Waals surface area contributed by atoms with Crippen LogP contribution < -0.4 is 9.64 Å². The van der Waals surface area contributed by atoms with Crippen LogP contribution in [0.5, 0.6) is 5.75 Å². The lowest BCUT2D eigenvalue weighted by molar-refractivity contribution is 0.0547. The van der Waals surface area contributed by atoms with Gasteiger partial charge in [0.1, 0.15) is 5.75 Å². The van der Waals surface area contributed by atoms with E-state index in [0.717, 1.165) is 11.1 Å². The largest absolute Gasteiger partial charge is 0.495 e. The summed E-state index contributed by atoms with van der Waals surface area (Å²) in [5, 5.41) is 0. The molecule has 0 aromatic heterocycles. The minimum atomic E-state index is -0.391. The summed E-state index contributed by atoms with van der Waals surface area (Å²) in [5.74, 6) is 0.238. The standard InChI is InChI=1S/C22H26N2O5/c1-16-4-9-20(27-2)19(14-16)24(22(26)23-10-12-29-13-11-23)15-17-5-7-18(8-6-17)21(25)28-3/h4-9,14H,10-13,15H2,1-3H3. The topological polar surface area (TPSA) is 68.3 Å². The summed E-state index contributed by atoms with van der Waals surface area (Å²) in [4.78, 5) is 28.6. The maximum atomic E-state index is 13.4. The van der Waals surface area contributed by atoms with Gasteiger partial charge in [0.25, 0.3) is 0 Å². The Kier molecular flexibility index (Phi) is 6.72. The molecule has 2 aromatic rings. The number of hydrogen-bond acceptors (Lipinski definition) is 5. The smallest absolute Gasteiger partial charge is 0.337 e. The van der Waals surface area contributed by atoms with Crippen LogP contribution >= 0.6 is 0 Å². The van der Waals surface area contributed by atoms with E-state index in [1.807, 2.05) is 37.3 Å². The van der Waals surface area contributed by atoms with Gasteiger partial charge in [-0.05, 0) is 42.3 Å². The summed E-state index contributed by atoms with van der Waals surface area (Å²) < 4.78 is 15.7. The number of nitrogens with zero attached hydrogens (tertiary/aromatic N) is 2. The molecule has 7 nitrogen and oxygen atoms in total. The number of ether oxygens (including phenoxy) is 3. The van der Waals surface area contributed by atoms with Crippen LogP contribution in [0.25, 0.3) is 0 Å². The third kappa shape index (κ3) is 4.86. The van der Waals surface area contributed by atoms with E-state index in [4.69, 9.17) is 14.2 Å². The molecule has 0 radical (unpaired) electrons. The third-order valence-electron chi connectivity index (χ3n) is 4.85. The zero-order valence-corrected chi connectivity index (χ0v) is 17.0. The second-order valence-electron chi connectivity index (χ2n) is 6.83. The Hall–Kier alpha value is -3.06. The van der Waals surface area contributed by atoms with E-state index in [-0.39, 0.29) is 6.03 Å². The van der Waals surface area contributed by atoms with E-state index in [1.165, 1.54) is 7.11 Å². The average molecular weight is 398 g/mol. The minimum Gasteiger partial charge on any atom is -0.495 e. The zero-order valence-electron chi connectivity index (χ0n) is 17.0. The predicted molar refractivity (Wildman–Crippen MR) is 109 cm³/mol. The van der Waals surface area contributed by atoms with Crippen LogP contribution in [0.3, 0.4) is 0 Å². The molecule has 29 heavy (non-hydrogen) atoms. The molecule has 2 aromatic carbocycles. The van der Waals surface area contributed by atoms with Crippen molar-refractivity contribution in [2.45, 2.75) is 13.5 Å². The number of methoxy groups -OCH3 is 2. The maximum absolute atomic E-state index is 13.4. The van der Waals surface area contributed by atoms with Gasteiger partial charge in [0.15, 0.2) is 0 Å². The van der Waals surface area contributed by atoms with E-state index in [9.17, 15) is 9.59 Å². The fourth-order valence-electron chi connectivity index (χ4n) is 3.24. The Bertz CT molecular complexity index is 860. The zero-order chi connectivity index (χ0) is 20.8. The Morgan fingerprint density at radius 2 is 1.76 bits per heavy atom. The molecular weight excluding hydrogens is 372 g/mol. The van der Waals surface area contributed by atoms with Gasteiger partial charge in [0.2, 0.25) is 0 Å². The predicted octanol–water partition coefficient (Wildman–Crippen LogP) is 3.25. The van der Waals surface area contributed by atoms with Crippen molar-refractivity contribution in [1.82, 2.24) is 4.90 Å². The molecular formula is C22H26N2O5. The second-order valence-corrected chi connectivity index (χ2v) is 6.83. The normalized spacial score (nSPS) is 13.7. The molecule has 0 atom stereocenters. The first-order chi connectivity index (χ1) is 14.0. The number of morpholine rings is 1. The first-order valence-electron chi connectivity index (χ1n) is 9.49. The van der Waals surface area contributed by atoms with Crippen LogP contribution in [0, 0.1) is 6.92 Å². The minimum absolute atomic E-state index is 0.103. The second kappa shape index (κ2) is 9.43. The van der Waals surface area contributed by atoms with Crippen LogP contribution in [-0.4, -0.2) is 57.4 Å². The van der Waals surface area contributed by atoms with Gasteiger partial charge in [-0.2, -0.15) is 0 Å². The number of esters is 1. The van der Waals surface area contributed by atoms with E-state index in [2.05, 4.69) is 0 Å². The van der Waals surface area contributed by atoms with Crippen LogP contribution in [0.4, 0.5) is 10.5 Å². The number of rotatable bonds is 5. The number of aryl methyl sites for hydroxylation is 1. The molecule has 2 amide bonds. The van der Waals surface area contributed by atoms with Gasteiger partial charge < -0.3 is 19.1 Å². The average Bonchev–Trinajstić information content (AvgIpc) is 2.77. The molecule has 1 aliphatic rings. The monoisotopic (exact) mass is 398 g/mol. The Morgan fingerprint density at radius 3 is 2.38 bits per heavy atom. The summed E-state index contributed by atoms with van der Waals surface area (Å²) >= 11 is 0. The molecule has 1 fully saturated rings. The molecule has 0 bridgehead atoms. The Labute approximate surface area is 170 Å². The first kappa shape index (κ1) is 20.7. The molecule has 0 unspecified atom stereocenters. The summed E-state index contributed by atoms with van der Waals surface area (Å²) in [7, 11) is 2.94. The number of amides is 2. The van der Waals surface area contributed by atoms with Gasteiger partial charge in [-0.15, -0.1) is 0 Å². The molecule has 1 saturated heterocycles. The summed E-state index contributed by atoms with van der Waals surface area (Å²) in [6.07, 6.45) is 0. The molecule has 0 saturated carbocycles. The van der Waals surface area contributed by atoms with E-state index < -0.39 is 5.97 Å². The van der Waals surface area contributed by atoms with Crippen molar-refractivity contribution in [1.29, 1.82) is 0 Å². The van der Waals surface area contributed by atoms with Gasteiger partial charge >= 0.3 is 12.0 Å². The van der Waals surface area contributed by atoms with Crippen molar-refractivity contribution in [2.75, 3.05) is 45.4 Å². The van der Waals surface area contributed by atoms with Gasteiger partial charge in [0.05, 0.1) is 45.2 Å². The van der Waals surface area contributed by atoms with Crippen LogP contribution in [-0.2, 0) is 16.0 Å². The van der Waals surface area contributed by atoms with Gasteiger partial charge in [-0.3, -0.25) is 4.90 Å². The SMILES string of the molecule is COC(=O)c1ccc(CN(C(=O)N2CCOCC2)c2cc(C)ccc2OC)cc1. The molecule has 3 rings (SSSR count). The number of carbonyl (C=O) groups is 2. The molecule has 154 valence electrons. The highest BCUT2D eigenvalue weighted by Gasteiger charge is 2.26. The maximum Gasteiger partial charge on any atom is 0.337 e. The highest BCUT2D eigenvalue weighted by molar-refractivity contribution is 5.94. The van der Waals surface area contributed by atoms with E-state index in [1.54, 1.807) is 29.0 Å². The van der Waals surface area contributed by atoms with Crippen LogP contribution in [0.1, 0.15) is 21.5 Å². The molecule has 0 N–H and O–H groups in total. The molecule has 0 aliphatic carbocycles. The van der Waals surface area contributed by atoms with E-state index >= 15 is 0 Å². The lowest BCUT2D eigenvalue weighted by Crippen LogP contribution is -2.48.